The van der Waals surface area contributed by atoms with Crippen LogP contribution in [-0.2, 0) is 27.7 Å². The average molecular weight is 447 g/mol. The number of fused-ring (bicyclic) bond motifs is 1. The van der Waals surface area contributed by atoms with Gasteiger partial charge in [0.05, 0.1) is 10.9 Å². The summed E-state index contributed by atoms with van der Waals surface area (Å²) >= 11 is 5.93. The van der Waals surface area contributed by atoms with E-state index in [1.54, 1.807) is 6.07 Å². The van der Waals surface area contributed by atoms with Crippen LogP contribution in [0.4, 0.5) is 0 Å². The normalized spacial score (nSPS) is 18.7. The molecule has 2 aromatic carbocycles. The highest BCUT2D eigenvalue weighted by molar-refractivity contribution is 7.89. The largest absolute Gasteiger partial charge is 0.349 e. The zero-order chi connectivity index (χ0) is 21.3. The summed E-state index contributed by atoms with van der Waals surface area (Å²) in [4.78, 5) is 13.1. The highest BCUT2D eigenvalue weighted by atomic mass is 35.5. The summed E-state index contributed by atoms with van der Waals surface area (Å²) in [6.07, 6.45) is 4.14. The molecule has 2 aromatic rings. The van der Waals surface area contributed by atoms with Gasteiger partial charge in [-0.05, 0) is 80.0 Å². The standard InChI is InChI=1S/C23H27ClN2O3S/c1-16(17-5-8-21(24)9-6-17)25-23(27)19-11-13-26(14-12-19)30(28,29)22-10-7-18-3-2-4-20(18)15-22/h5-10,15-16,19H,2-4,11-14H2,1H3,(H,25,27)/t16-/m0/s1. The van der Waals surface area contributed by atoms with Gasteiger partial charge in [-0.3, -0.25) is 4.79 Å². The molecule has 1 saturated heterocycles. The second-order valence-electron chi connectivity index (χ2n) is 8.24. The van der Waals surface area contributed by atoms with Crippen molar-refractivity contribution in [1.29, 1.82) is 0 Å². The van der Waals surface area contributed by atoms with Gasteiger partial charge in [0.1, 0.15) is 0 Å². The van der Waals surface area contributed by atoms with Crippen LogP contribution < -0.4 is 5.32 Å². The Hall–Kier alpha value is -1.89. The zero-order valence-corrected chi connectivity index (χ0v) is 18.7. The Balaban J connectivity index is 1.36. The SMILES string of the molecule is C[C@H](NC(=O)C1CCN(S(=O)(=O)c2ccc3c(c2)CCC3)CC1)c1ccc(Cl)cc1. The number of piperidine rings is 1. The number of benzene rings is 2. The van der Waals surface area contributed by atoms with Gasteiger partial charge in [0, 0.05) is 24.0 Å². The van der Waals surface area contributed by atoms with Gasteiger partial charge < -0.3 is 5.32 Å². The Bertz CT molecular complexity index is 1030. The van der Waals surface area contributed by atoms with E-state index in [1.807, 2.05) is 43.3 Å². The summed E-state index contributed by atoms with van der Waals surface area (Å²) in [6.45, 7) is 2.67. The Kier molecular flexibility index (Phi) is 6.19. The fourth-order valence-corrected chi connectivity index (χ4v) is 6.03. The molecule has 1 heterocycles. The molecular formula is C23H27ClN2O3S. The highest BCUT2D eigenvalue weighted by Gasteiger charge is 2.33. The molecule has 0 bridgehead atoms. The predicted octanol–water partition coefficient (Wildman–Crippen LogP) is 4.11. The van der Waals surface area contributed by atoms with Gasteiger partial charge in [0.15, 0.2) is 0 Å². The number of carbonyl (C=O) groups is 1. The number of hydrogen-bond acceptors (Lipinski definition) is 3. The Morgan fingerprint density at radius 1 is 1.07 bits per heavy atom. The van der Waals surface area contributed by atoms with Crippen LogP contribution in [0.5, 0.6) is 0 Å². The molecule has 0 unspecified atom stereocenters. The van der Waals surface area contributed by atoms with Crippen molar-refractivity contribution in [1.82, 2.24) is 9.62 Å². The molecule has 1 N–H and O–H groups in total. The molecule has 4 rings (SSSR count). The minimum atomic E-state index is -3.51. The highest BCUT2D eigenvalue weighted by Crippen LogP contribution is 2.29. The molecule has 5 nitrogen and oxygen atoms in total. The predicted molar refractivity (Wildman–Crippen MR) is 118 cm³/mol. The number of hydrogen-bond donors (Lipinski definition) is 1. The van der Waals surface area contributed by atoms with Crippen molar-refractivity contribution >= 4 is 27.5 Å². The number of nitrogens with zero attached hydrogens (tertiary/aromatic N) is 1. The maximum Gasteiger partial charge on any atom is 0.243 e. The van der Waals surface area contributed by atoms with E-state index in [2.05, 4.69) is 5.32 Å². The molecule has 0 aromatic heterocycles. The van der Waals surface area contributed by atoms with Gasteiger partial charge in [-0.1, -0.05) is 29.8 Å². The van der Waals surface area contributed by atoms with E-state index >= 15 is 0 Å². The van der Waals surface area contributed by atoms with Crippen LogP contribution >= 0.6 is 11.6 Å². The van der Waals surface area contributed by atoms with Gasteiger partial charge in [-0.2, -0.15) is 4.31 Å². The molecular weight excluding hydrogens is 420 g/mol. The van der Waals surface area contributed by atoms with Gasteiger partial charge in [-0.15, -0.1) is 0 Å². The molecule has 1 aliphatic heterocycles. The van der Waals surface area contributed by atoms with Crippen LogP contribution in [0, 0.1) is 5.92 Å². The molecule has 160 valence electrons. The first-order valence-electron chi connectivity index (χ1n) is 10.5. The van der Waals surface area contributed by atoms with Gasteiger partial charge in [0.2, 0.25) is 15.9 Å². The monoisotopic (exact) mass is 446 g/mol. The van der Waals surface area contributed by atoms with E-state index in [1.165, 1.54) is 9.87 Å². The number of carbonyl (C=O) groups excluding carboxylic acids is 1. The number of aryl methyl sites for hydroxylation is 2. The van der Waals surface area contributed by atoms with Crippen LogP contribution in [0.15, 0.2) is 47.4 Å². The third-order valence-corrected chi connectivity index (χ3v) is 8.41. The van der Waals surface area contributed by atoms with Crippen molar-refractivity contribution in [2.75, 3.05) is 13.1 Å². The maximum absolute atomic E-state index is 13.1. The first-order valence-corrected chi connectivity index (χ1v) is 12.3. The number of sulfonamides is 1. The second-order valence-corrected chi connectivity index (χ2v) is 10.6. The fourth-order valence-electron chi connectivity index (χ4n) is 4.38. The van der Waals surface area contributed by atoms with Crippen LogP contribution in [0.25, 0.3) is 0 Å². The molecule has 0 radical (unpaired) electrons. The number of nitrogens with one attached hydrogen (secondary N) is 1. The molecule has 1 aliphatic carbocycles. The minimum absolute atomic E-state index is 0.0213. The van der Waals surface area contributed by atoms with Crippen LogP contribution in [0.1, 0.15) is 48.9 Å². The first-order chi connectivity index (χ1) is 14.3. The van der Waals surface area contributed by atoms with E-state index in [4.69, 9.17) is 11.6 Å². The Morgan fingerprint density at radius 2 is 1.73 bits per heavy atom. The third kappa shape index (κ3) is 4.41. The first kappa shape index (κ1) is 21.3. The van der Waals surface area contributed by atoms with Crippen molar-refractivity contribution in [2.45, 2.75) is 50.0 Å². The van der Waals surface area contributed by atoms with E-state index < -0.39 is 10.0 Å². The van der Waals surface area contributed by atoms with Crippen molar-refractivity contribution in [2.24, 2.45) is 5.92 Å². The smallest absolute Gasteiger partial charge is 0.243 e. The molecule has 1 atom stereocenters. The van der Waals surface area contributed by atoms with Gasteiger partial charge in [-0.25, -0.2) is 8.42 Å². The summed E-state index contributed by atoms with van der Waals surface area (Å²) in [5.41, 5.74) is 3.41. The quantitative estimate of drug-likeness (QED) is 0.751. The molecule has 2 aliphatic rings. The summed E-state index contributed by atoms with van der Waals surface area (Å²) in [7, 11) is -3.51. The number of amides is 1. The van der Waals surface area contributed by atoms with Crippen LogP contribution in [-0.4, -0.2) is 31.7 Å². The molecule has 0 saturated carbocycles. The topological polar surface area (TPSA) is 66.5 Å². The Morgan fingerprint density at radius 3 is 2.43 bits per heavy atom. The summed E-state index contributed by atoms with van der Waals surface area (Å²) < 4.78 is 27.7. The van der Waals surface area contributed by atoms with Crippen molar-refractivity contribution < 1.29 is 13.2 Å². The number of rotatable bonds is 5. The summed E-state index contributed by atoms with van der Waals surface area (Å²) in [6, 6.07) is 12.8. The molecule has 1 fully saturated rings. The van der Waals surface area contributed by atoms with E-state index in [9.17, 15) is 13.2 Å². The molecule has 1 amide bonds. The molecule has 7 heteroatoms. The molecule has 30 heavy (non-hydrogen) atoms. The van der Waals surface area contributed by atoms with Crippen LogP contribution in [0.2, 0.25) is 5.02 Å². The van der Waals surface area contributed by atoms with Crippen molar-refractivity contribution in [3.05, 3.63) is 64.2 Å². The lowest BCUT2D eigenvalue weighted by Crippen LogP contribution is -2.43. The lowest BCUT2D eigenvalue weighted by molar-refractivity contribution is -0.126. The van der Waals surface area contributed by atoms with Gasteiger partial charge >= 0.3 is 0 Å². The van der Waals surface area contributed by atoms with Gasteiger partial charge in [0.25, 0.3) is 0 Å². The minimum Gasteiger partial charge on any atom is -0.349 e. The van der Waals surface area contributed by atoms with E-state index in [0.717, 1.165) is 30.4 Å². The fraction of sp³-hybridized carbons (Fsp3) is 0.435. The van der Waals surface area contributed by atoms with E-state index in [-0.39, 0.29) is 17.9 Å². The van der Waals surface area contributed by atoms with Crippen LogP contribution in [0.3, 0.4) is 0 Å². The summed E-state index contributed by atoms with van der Waals surface area (Å²) in [5, 5.41) is 3.71. The lowest BCUT2D eigenvalue weighted by Gasteiger charge is -2.31. The Labute approximate surface area is 183 Å². The maximum atomic E-state index is 13.1. The van der Waals surface area contributed by atoms with Crippen molar-refractivity contribution in [3.8, 4) is 0 Å². The number of halogens is 1. The van der Waals surface area contributed by atoms with Crippen molar-refractivity contribution in [3.63, 3.8) is 0 Å². The third-order valence-electron chi connectivity index (χ3n) is 6.26. The lowest BCUT2D eigenvalue weighted by atomic mass is 9.96. The van der Waals surface area contributed by atoms with E-state index in [0.29, 0.717) is 35.8 Å². The zero-order valence-electron chi connectivity index (χ0n) is 17.1. The second kappa shape index (κ2) is 8.69. The summed E-state index contributed by atoms with van der Waals surface area (Å²) in [5.74, 6) is -0.196. The average Bonchev–Trinajstić information content (AvgIpc) is 3.22. The molecule has 0 spiro atoms.